The molecular weight excluding hydrogens is 416 g/mol. The van der Waals surface area contributed by atoms with Crippen LogP contribution in [0.5, 0.6) is 0 Å². The number of hydrogen-bond acceptors (Lipinski definition) is 7. The van der Waals surface area contributed by atoms with E-state index in [0.717, 1.165) is 0 Å². The van der Waals surface area contributed by atoms with Gasteiger partial charge in [0.05, 0.1) is 4.90 Å². The number of rotatable bonds is 8. The molecule has 0 aliphatic rings. The van der Waals surface area contributed by atoms with Gasteiger partial charge in [-0.2, -0.15) is 4.72 Å². The average Bonchev–Trinajstić information content (AvgIpc) is 3.11. The van der Waals surface area contributed by atoms with Crippen LogP contribution in [-0.4, -0.2) is 49.8 Å². The van der Waals surface area contributed by atoms with Gasteiger partial charge in [-0.1, -0.05) is 0 Å². The van der Waals surface area contributed by atoms with E-state index in [-0.39, 0.29) is 16.5 Å². The second-order valence-electron chi connectivity index (χ2n) is 6.07. The third-order valence-corrected chi connectivity index (χ3v) is 5.10. The van der Waals surface area contributed by atoms with Gasteiger partial charge in [0.25, 0.3) is 11.8 Å². The predicted molar refractivity (Wildman–Crippen MR) is 105 cm³/mol. The number of sulfonamides is 1. The smallest absolute Gasteiger partial charge is 0.321 e. The first-order valence-electron chi connectivity index (χ1n) is 8.57. The van der Waals surface area contributed by atoms with E-state index >= 15 is 0 Å². The molecule has 11 nitrogen and oxygen atoms in total. The monoisotopic (exact) mass is 436 g/mol. The maximum atomic E-state index is 12.2. The highest BCUT2D eigenvalue weighted by molar-refractivity contribution is 7.89. The lowest BCUT2D eigenvalue weighted by atomic mass is 10.3. The third kappa shape index (κ3) is 6.53. The second-order valence-corrected chi connectivity index (χ2v) is 7.84. The van der Waals surface area contributed by atoms with E-state index in [2.05, 4.69) is 15.4 Å². The molecule has 2 rings (SSSR count). The molecule has 160 valence electrons. The number of carbonyl (C=O) groups excluding carboxylic acids is 4. The van der Waals surface area contributed by atoms with E-state index in [1.807, 2.05) is 4.72 Å². The molecule has 1 aromatic carbocycles. The van der Waals surface area contributed by atoms with Crippen molar-refractivity contribution in [2.45, 2.75) is 11.8 Å². The molecule has 0 aliphatic carbocycles. The number of imide groups is 1. The number of carbonyl (C=O) groups is 4. The fourth-order valence-corrected chi connectivity index (χ4v) is 3.25. The van der Waals surface area contributed by atoms with Crippen LogP contribution in [0.3, 0.4) is 0 Å². The molecule has 0 unspecified atom stereocenters. The number of aryl methyl sites for hydroxylation is 1. The number of aromatic nitrogens is 1. The van der Waals surface area contributed by atoms with E-state index in [4.69, 9.17) is 0 Å². The van der Waals surface area contributed by atoms with Crippen LogP contribution in [0.4, 0.5) is 5.69 Å². The first-order chi connectivity index (χ1) is 14.1. The molecule has 2 aromatic rings. The molecule has 0 saturated heterocycles. The fourth-order valence-electron chi connectivity index (χ4n) is 2.28. The summed E-state index contributed by atoms with van der Waals surface area (Å²) in [6.45, 7) is -0.146. The van der Waals surface area contributed by atoms with Crippen molar-refractivity contribution < 1.29 is 32.3 Å². The Balaban J connectivity index is 1.80. The summed E-state index contributed by atoms with van der Waals surface area (Å²) in [5.74, 6) is -2.83. The zero-order valence-corrected chi connectivity index (χ0v) is 17.0. The molecule has 3 N–H and O–H groups in total. The number of nitrogens with zero attached hydrogens (tertiary/aromatic N) is 1. The summed E-state index contributed by atoms with van der Waals surface area (Å²) in [4.78, 5) is 46.1. The molecule has 30 heavy (non-hydrogen) atoms. The lowest BCUT2D eigenvalue weighted by Crippen LogP contribution is -2.37. The van der Waals surface area contributed by atoms with Gasteiger partial charge in [0.2, 0.25) is 15.9 Å². The number of ether oxygens (including phenoxy) is 1. The largest absolute Gasteiger partial charge is 0.455 e. The van der Waals surface area contributed by atoms with Gasteiger partial charge in [-0.3, -0.25) is 24.5 Å². The maximum Gasteiger partial charge on any atom is 0.321 e. The van der Waals surface area contributed by atoms with E-state index in [0.29, 0.717) is 5.69 Å². The molecule has 0 aliphatic heterocycles. The molecule has 1 heterocycles. The van der Waals surface area contributed by atoms with Gasteiger partial charge >= 0.3 is 5.97 Å². The minimum atomic E-state index is -4.01. The zero-order chi connectivity index (χ0) is 22.3. The topological polar surface area (TPSA) is 153 Å². The number of amides is 3. The van der Waals surface area contributed by atoms with Crippen LogP contribution in [0.2, 0.25) is 0 Å². The van der Waals surface area contributed by atoms with Gasteiger partial charge in [0, 0.05) is 25.9 Å². The van der Waals surface area contributed by atoms with Gasteiger partial charge < -0.3 is 14.6 Å². The van der Waals surface area contributed by atoms with Crippen molar-refractivity contribution in [3.8, 4) is 0 Å². The summed E-state index contributed by atoms with van der Waals surface area (Å²) >= 11 is 0. The Labute approximate surface area is 172 Å². The molecule has 0 saturated carbocycles. The molecule has 1 aromatic heterocycles. The van der Waals surface area contributed by atoms with Crippen LogP contribution in [0.1, 0.15) is 17.4 Å². The summed E-state index contributed by atoms with van der Waals surface area (Å²) in [6, 6.07) is 8.42. The van der Waals surface area contributed by atoms with Crippen molar-refractivity contribution in [2.24, 2.45) is 7.05 Å². The number of nitrogens with one attached hydrogen (secondary N) is 3. The van der Waals surface area contributed by atoms with Gasteiger partial charge in [-0.05, 0) is 36.4 Å². The Hall–Kier alpha value is -3.51. The Morgan fingerprint density at radius 1 is 1.07 bits per heavy atom. The standard InChI is InChI=1S/C18H20N4O7S/c1-12(23)20-13-5-7-14(8-6-13)30(27,28)19-10-17(25)29-11-16(24)21-18(26)15-4-3-9-22(15)2/h3-9,19H,10-11H2,1-2H3,(H,20,23)(H,21,24,26). The lowest BCUT2D eigenvalue weighted by Gasteiger charge is -2.09. The molecule has 3 amide bonds. The minimum absolute atomic E-state index is 0.129. The van der Waals surface area contributed by atoms with Crippen LogP contribution in [0.15, 0.2) is 47.5 Å². The average molecular weight is 436 g/mol. The maximum absolute atomic E-state index is 12.2. The Kier molecular flexibility index (Phi) is 7.44. The first-order valence-corrected chi connectivity index (χ1v) is 10.1. The highest BCUT2D eigenvalue weighted by Crippen LogP contribution is 2.13. The second kappa shape index (κ2) is 9.80. The molecular formula is C18H20N4O7S. The minimum Gasteiger partial charge on any atom is -0.455 e. The quantitative estimate of drug-likeness (QED) is 0.483. The summed E-state index contributed by atoms with van der Waals surface area (Å²) in [6.07, 6.45) is 1.62. The first kappa shape index (κ1) is 22.8. The molecule has 0 bridgehead atoms. The molecule has 12 heteroatoms. The Morgan fingerprint density at radius 2 is 1.73 bits per heavy atom. The van der Waals surface area contributed by atoms with Crippen LogP contribution >= 0.6 is 0 Å². The van der Waals surface area contributed by atoms with Gasteiger partial charge in [0.1, 0.15) is 12.2 Å². The number of benzene rings is 1. The van der Waals surface area contributed by atoms with Crippen molar-refractivity contribution in [1.82, 2.24) is 14.6 Å². The zero-order valence-electron chi connectivity index (χ0n) is 16.2. The van der Waals surface area contributed by atoms with Crippen LogP contribution < -0.4 is 15.4 Å². The van der Waals surface area contributed by atoms with E-state index in [1.54, 1.807) is 19.3 Å². The SMILES string of the molecule is CC(=O)Nc1ccc(S(=O)(=O)NCC(=O)OCC(=O)NC(=O)c2cccn2C)cc1. The Morgan fingerprint density at radius 3 is 2.30 bits per heavy atom. The van der Waals surface area contributed by atoms with Crippen molar-refractivity contribution in [3.05, 3.63) is 48.3 Å². The summed E-state index contributed by atoms with van der Waals surface area (Å²) in [5.41, 5.74) is 0.656. The Bertz CT molecular complexity index is 1060. The van der Waals surface area contributed by atoms with Crippen LogP contribution in [0.25, 0.3) is 0 Å². The van der Waals surface area contributed by atoms with Crippen LogP contribution in [-0.2, 0) is 36.2 Å². The van der Waals surface area contributed by atoms with Gasteiger partial charge in [0.15, 0.2) is 6.61 Å². The normalized spacial score (nSPS) is 10.9. The summed E-state index contributed by atoms with van der Waals surface area (Å²) in [7, 11) is -2.39. The number of esters is 1. The van der Waals surface area contributed by atoms with Gasteiger partial charge in [-0.15, -0.1) is 0 Å². The molecule has 0 fully saturated rings. The van der Waals surface area contributed by atoms with Crippen molar-refractivity contribution in [3.63, 3.8) is 0 Å². The summed E-state index contributed by atoms with van der Waals surface area (Å²) in [5, 5.41) is 4.55. The van der Waals surface area contributed by atoms with E-state index in [9.17, 15) is 27.6 Å². The van der Waals surface area contributed by atoms with Crippen molar-refractivity contribution in [1.29, 1.82) is 0 Å². The number of hydrogen-bond donors (Lipinski definition) is 3. The number of anilines is 1. The van der Waals surface area contributed by atoms with Gasteiger partial charge in [-0.25, -0.2) is 8.42 Å². The lowest BCUT2D eigenvalue weighted by molar-refractivity contribution is -0.147. The van der Waals surface area contributed by atoms with E-state index < -0.39 is 41.0 Å². The highest BCUT2D eigenvalue weighted by atomic mass is 32.2. The van der Waals surface area contributed by atoms with E-state index in [1.165, 1.54) is 41.8 Å². The molecule has 0 atom stereocenters. The predicted octanol–water partition coefficient (Wildman–Crippen LogP) is -0.238. The molecule has 0 radical (unpaired) electrons. The summed E-state index contributed by atoms with van der Waals surface area (Å²) < 4.78 is 32.6. The molecule has 0 spiro atoms. The van der Waals surface area contributed by atoms with Crippen molar-refractivity contribution in [2.75, 3.05) is 18.5 Å². The van der Waals surface area contributed by atoms with Crippen LogP contribution in [0, 0.1) is 0 Å². The van der Waals surface area contributed by atoms with Crippen molar-refractivity contribution >= 4 is 39.4 Å². The highest BCUT2D eigenvalue weighted by Gasteiger charge is 2.18. The fraction of sp³-hybridized carbons (Fsp3) is 0.222. The third-order valence-electron chi connectivity index (χ3n) is 3.69.